The van der Waals surface area contributed by atoms with Crippen molar-refractivity contribution in [2.75, 3.05) is 17.2 Å². The highest BCUT2D eigenvalue weighted by Crippen LogP contribution is 2.26. The van der Waals surface area contributed by atoms with E-state index in [0.717, 1.165) is 34.8 Å². The molecule has 0 atom stereocenters. The van der Waals surface area contributed by atoms with Crippen molar-refractivity contribution >= 4 is 33.3 Å². The van der Waals surface area contributed by atoms with Crippen LogP contribution >= 0.6 is 15.9 Å². The third-order valence-corrected chi connectivity index (χ3v) is 4.15. The van der Waals surface area contributed by atoms with Crippen LogP contribution in [0.15, 0.2) is 29.0 Å². The van der Waals surface area contributed by atoms with Crippen LogP contribution in [-0.4, -0.2) is 16.5 Å². The maximum absolute atomic E-state index is 4.49. The molecular formula is C15H19BrN4. The van der Waals surface area contributed by atoms with Crippen molar-refractivity contribution in [1.82, 2.24) is 9.97 Å². The first kappa shape index (κ1) is 14.8. The summed E-state index contributed by atoms with van der Waals surface area (Å²) in [6.07, 6.45) is 4.52. The Kier molecular flexibility index (Phi) is 4.95. The van der Waals surface area contributed by atoms with Crippen LogP contribution < -0.4 is 10.6 Å². The summed E-state index contributed by atoms with van der Waals surface area (Å²) in [7, 11) is 0. The lowest BCUT2D eigenvalue weighted by Gasteiger charge is -2.11. The number of benzene rings is 1. The maximum atomic E-state index is 4.49. The Bertz CT molecular complexity index is 575. The second-order valence-corrected chi connectivity index (χ2v) is 5.56. The fraction of sp³-hybridized carbons (Fsp3) is 0.333. The zero-order chi connectivity index (χ0) is 14.5. The van der Waals surface area contributed by atoms with Crippen molar-refractivity contribution in [3.63, 3.8) is 0 Å². The smallest absolute Gasteiger partial charge is 0.151 e. The van der Waals surface area contributed by atoms with Gasteiger partial charge >= 0.3 is 0 Å². The molecule has 0 aliphatic heterocycles. The third-order valence-electron chi connectivity index (χ3n) is 2.90. The number of hydrogen-bond donors (Lipinski definition) is 2. The quantitative estimate of drug-likeness (QED) is 0.849. The van der Waals surface area contributed by atoms with E-state index < -0.39 is 0 Å². The van der Waals surface area contributed by atoms with Gasteiger partial charge in [0.15, 0.2) is 5.82 Å². The first-order chi connectivity index (χ1) is 9.60. The molecule has 106 valence electrons. The summed E-state index contributed by atoms with van der Waals surface area (Å²) in [4.78, 5) is 8.69. The van der Waals surface area contributed by atoms with Gasteiger partial charge in [-0.25, -0.2) is 4.98 Å². The van der Waals surface area contributed by atoms with Crippen LogP contribution in [0.3, 0.4) is 0 Å². The molecule has 0 saturated heterocycles. The molecule has 0 amide bonds. The van der Waals surface area contributed by atoms with E-state index in [1.165, 1.54) is 11.1 Å². The Morgan fingerprint density at radius 3 is 2.40 bits per heavy atom. The molecule has 0 bridgehead atoms. The Morgan fingerprint density at radius 2 is 1.75 bits per heavy atom. The minimum Gasteiger partial charge on any atom is -0.369 e. The molecule has 2 N–H and O–H groups in total. The predicted molar refractivity (Wildman–Crippen MR) is 87.7 cm³/mol. The zero-order valence-corrected chi connectivity index (χ0v) is 13.6. The number of aromatic nitrogens is 2. The SMILES string of the molecule is CCCNc1cncc(Nc2cc(C)c(Br)c(C)c2)n1. The van der Waals surface area contributed by atoms with Gasteiger partial charge < -0.3 is 10.6 Å². The topological polar surface area (TPSA) is 49.8 Å². The van der Waals surface area contributed by atoms with E-state index in [2.05, 4.69) is 69.4 Å². The molecule has 20 heavy (non-hydrogen) atoms. The van der Waals surface area contributed by atoms with Crippen LogP contribution in [0.2, 0.25) is 0 Å². The molecule has 0 unspecified atom stereocenters. The van der Waals surface area contributed by atoms with Crippen molar-refractivity contribution in [3.05, 3.63) is 40.1 Å². The summed E-state index contributed by atoms with van der Waals surface area (Å²) in [6.45, 7) is 7.17. The molecule has 0 spiro atoms. The standard InChI is InChI=1S/C15H19BrN4/c1-4-5-18-13-8-17-9-14(20-13)19-12-6-10(2)15(16)11(3)7-12/h6-9H,4-5H2,1-3H3,(H2,18,19,20). The Balaban J connectivity index is 2.17. The second-order valence-electron chi connectivity index (χ2n) is 4.77. The van der Waals surface area contributed by atoms with Crippen LogP contribution in [0.1, 0.15) is 24.5 Å². The number of hydrogen-bond acceptors (Lipinski definition) is 4. The molecular weight excluding hydrogens is 316 g/mol. The lowest BCUT2D eigenvalue weighted by atomic mass is 10.1. The van der Waals surface area contributed by atoms with Gasteiger partial charge in [-0.2, -0.15) is 0 Å². The molecule has 2 rings (SSSR count). The molecule has 1 heterocycles. The molecule has 1 aromatic carbocycles. The van der Waals surface area contributed by atoms with Crippen LogP contribution in [0.4, 0.5) is 17.3 Å². The molecule has 0 aliphatic carbocycles. The van der Waals surface area contributed by atoms with Gasteiger partial charge in [0.05, 0.1) is 12.4 Å². The summed E-state index contributed by atoms with van der Waals surface area (Å²) in [5.41, 5.74) is 3.41. The van der Waals surface area contributed by atoms with Crippen LogP contribution in [-0.2, 0) is 0 Å². The van der Waals surface area contributed by atoms with Crippen LogP contribution in [0.5, 0.6) is 0 Å². The van der Waals surface area contributed by atoms with E-state index in [4.69, 9.17) is 0 Å². The van der Waals surface area contributed by atoms with Gasteiger partial charge in [0, 0.05) is 16.7 Å². The van der Waals surface area contributed by atoms with Gasteiger partial charge in [0.2, 0.25) is 0 Å². The Labute approximate surface area is 128 Å². The number of halogens is 1. The van der Waals surface area contributed by atoms with Crippen LogP contribution in [0, 0.1) is 13.8 Å². The van der Waals surface area contributed by atoms with E-state index in [-0.39, 0.29) is 0 Å². The fourth-order valence-electron chi connectivity index (χ4n) is 1.93. The molecule has 5 heteroatoms. The van der Waals surface area contributed by atoms with Crippen molar-refractivity contribution in [2.45, 2.75) is 27.2 Å². The highest BCUT2D eigenvalue weighted by Gasteiger charge is 2.04. The monoisotopic (exact) mass is 334 g/mol. The highest BCUT2D eigenvalue weighted by molar-refractivity contribution is 9.10. The average Bonchev–Trinajstić information content (AvgIpc) is 2.43. The van der Waals surface area contributed by atoms with Crippen molar-refractivity contribution < 1.29 is 0 Å². The van der Waals surface area contributed by atoms with Crippen molar-refractivity contribution in [3.8, 4) is 0 Å². The number of aryl methyl sites for hydroxylation is 2. The average molecular weight is 335 g/mol. The van der Waals surface area contributed by atoms with Crippen molar-refractivity contribution in [1.29, 1.82) is 0 Å². The zero-order valence-electron chi connectivity index (χ0n) is 12.0. The normalized spacial score (nSPS) is 10.4. The minimum atomic E-state index is 0.743. The molecule has 4 nitrogen and oxygen atoms in total. The molecule has 0 aliphatic rings. The third kappa shape index (κ3) is 3.70. The van der Waals surface area contributed by atoms with Gasteiger partial charge in [-0.05, 0) is 43.5 Å². The summed E-state index contributed by atoms with van der Waals surface area (Å²) >= 11 is 3.57. The molecule has 0 radical (unpaired) electrons. The summed E-state index contributed by atoms with van der Waals surface area (Å²) in [6, 6.07) is 4.18. The van der Waals surface area contributed by atoms with E-state index in [1.807, 2.05) is 0 Å². The number of nitrogens with zero attached hydrogens (tertiary/aromatic N) is 2. The molecule has 0 fully saturated rings. The first-order valence-corrected chi connectivity index (χ1v) is 7.49. The molecule has 1 aromatic heterocycles. The first-order valence-electron chi connectivity index (χ1n) is 6.70. The predicted octanol–water partition coefficient (Wildman–Crippen LogP) is 4.42. The number of anilines is 3. The van der Waals surface area contributed by atoms with E-state index in [9.17, 15) is 0 Å². The largest absolute Gasteiger partial charge is 0.369 e. The van der Waals surface area contributed by atoms with Gasteiger partial charge in [0.1, 0.15) is 5.82 Å². The molecule has 0 saturated carbocycles. The fourth-order valence-corrected chi connectivity index (χ4v) is 2.16. The van der Waals surface area contributed by atoms with Gasteiger partial charge in [-0.3, -0.25) is 4.98 Å². The number of rotatable bonds is 5. The van der Waals surface area contributed by atoms with Gasteiger partial charge in [-0.15, -0.1) is 0 Å². The van der Waals surface area contributed by atoms with E-state index in [1.54, 1.807) is 12.4 Å². The van der Waals surface area contributed by atoms with Crippen molar-refractivity contribution in [2.24, 2.45) is 0 Å². The summed E-state index contributed by atoms with van der Waals surface area (Å²) < 4.78 is 1.15. The van der Waals surface area contributed by atoms with Gasteiger partial charge in [0.25, 0.3) is 0 Å². The molecule has 2 aromatic rings. The lowest BCUT2D eigenvalue weighted by Crippen LogP contribution is -2.04. The Morgan fingerprint density at radius 1 is 1.10 bits per heavy atom. The van der Waals surface area contributed by atoms with Gasteiger partial charge in [-0.1, -0.05) is 22.9 Å². The summed E-state index contributed by atoms with van der Waals surface area (Å²) in [5, 5.41) is 6.53. The lowest BCUT2D eigenvalue weighted by molar-refractivity contribution is 0.965. The van der Waals surface area contributed by atoms with E-state index in [0.29, 0.717) is 0 Å². The number of nitrogens with one attached hydrogen (secondary N) is 2. The minimum absolute atomic E-state index is 0.743. The second kappa shape index (κ2) is 6.70. The Hall–Kier alpha value is -1.62. The van der Waals surface area contributed by atoms with E-state index >= 15 is 0 Å². The summed E-state index contributed by atoms with van der Waals surface area (Å²) in [5.74, 6) is 1.54. The maximum Gasteiger partial charge on any atom is 0.151 e. The van der Waals surface area contributed by atoms with Crippen LogP contribution in [0.25, 0.3) is 0 Å². The highest BCUT2D eigenvalue weighted by atomic mass is 79.9.